The molecule has 6 nitrogen and oxygen atoms in total. The van der Waals surface area contributed by atoms with E-state index in [0.29, 0.717) is 48.9 Å². The lowest BCUT2D eigenvalue weighted by Gasteiger charge is -2.17. The molecule has 37 heavy (non-hydrogen) atoms. The lowest BCUT2D eigenvalue weighted by molar-refractivity contribution is -0.137. The predicted molar refractivity (Wildman–Crippen MR) is 140 cm³/mol. The molecule has 1 aliphatic heterocycles. The fourth-order valence-corrected chi connectivity index (χ4v) is 4.93. The van der Waals surface area contributed by atoms with Crippen molar-refractivity contribution in [2.45, 2.75) is 38.0 Å². The number of amides is 1. The van der Waals surface area contributed by atoms with Crippen LogP contribution in [0.25, 0.3) is 22.3 Å². The Labute approximate surface area is 214 Å². The number of carbonyl (C=O) groups excluding carboxylic acids is 1. The topological polar surface area (TPSA) is 83.4 Å². The third-order valence-corrected chi connectivity index (χ3v) is 6.90. The molecule has 0 spiro atoms. The molecule has 3 aromatic carbocycles. The number of carboxylic acid groups (broad SMARTS) is 1. The molecule has 1 amide bonds. The first-order valence-corrected chi connectivity index (χ1v) is 12.6. The molecule has 2 heterocycles. The van der Waals surface area contributed by atoms with E-state index in [2.05, 4.69) is 0 Å². The van der Waals surface area contributed by atoms with E-state index in [1.165, 1.54) is 12.1 Å². The molecule has 0 aliphatic carbocycles. The van der Waals surface area contributed by atoms with Crippen LogP contribution in [0.15, 0.2) is 72.8 Å². The van der Waals surface area contributed by atoms with Crippen molar-refractivity contribution >= 4 is 22.9 Å². The van der Waals surface area contributed by atoms with Gasteiger partial charge in [-0.05, 0) is 61.6 Å². The summed E-state index contributed by atoms with van der Waals surface area (Å²) in [5.74, 6) is -0.928. The van der Waals surface area contributed by atoms with Gasteiger partial charge in [-0.1, -0.05) is 42.5 Å². The molecule has 1 unspecified atom stereocenters. The Kier molecular flexibility index (Phi) is 7.21. The molecule has 1 fully saturated rings. The van der Waals surface area contributed by atoms with Crippen LogP contribution in [0, 0.1) is 5.82 Å². The summed E-state index contributed by atoms with van der Waals surface area (Å²) < 4.78 is 13.3. The summed E-state index contributed by atoms with van der Waals surface area (Å²) in [7, 11) is 0. The van der Waals surface area contributed by atoms with Gasteiger partial charge in [0.25, 0.3) is 5.91 Å². The van der Waals surface area contributed by atoms with E-state index in [1.54, 1.807) is 24.3 Å². The largest absolute Gasteiger partial charge is 0.481 e. The number of hydrogen-bond donors (Lipinski definition) is 1. The number of halogens is 1. The number of aryl methyl sites for hydroxylation is 1. The highest BCUT2D eigenvalue weighted by molar-refractivity contribution is 5.97. The van der Waals surface area contributed by atoms with Gasteiger partial charge in [0.1, 0.15) is 5.82 Å². The third kappa shape index (κ3) is 5.66. The van der Waals surface area contributed by atoms with E-state index in [1.807, 2.05) is 41.3 Å². The van der Waals surface area contributed by atoms with Crippen molar-refractivity contribution in [1.29, 1.82) is 0 Å². The lowest BCUT2D eigenvalue weighted by atomic mass is 9.98. The summed E-state index contributed by atoms with van der Waals surface area (Å²) >= 11 is 0. The van der Waals surface area contributed by atoms with Crippen molar-refractivity contribution in [2.75, 3.05) is 13.1 Å². The Balaban J connectivity index is 1.39. The number of carbonyl (C=O) groups is 2. The molecule has 1 aromatic heterocycles. The standard InChI is InChI=1S/C30H28FN3O3/c31-24-13-10-20(11-14-24)23-16-17-34(19-23)30(37)22-12-15-25-27(18-22)32-26(8-4-5-9-28(35)36)29(33-25)21-6-2-1-3-7-21/h1-3,6-7,10-15,18,23H,4-5,8-9,16-17,19H2,(H,35,36). The van der Waals surface area contributed by atoms with Gasteiger partial charge in [0.05, 0.1) is 22.4 Å². The zero-order valence-electron chi connectivity index (χ0n) is 20.4. The molecule has 1 saturated heterocycles. The van der Waals surface area contributed by atoms with Crippen molar-refractivity contribution in [3.8, 4) is 11.3 Å². The maximum absolute atomic E-state index is 13.3. The molecule has 5 rings (SSSR count). The summed E-state index contributed by atoms with van der Waals surface area (Å²) in [6.07, 6.45) is 2.81. The van der Waals surface area contributed by atoms with Crippen LogP contribution >= 0.6 is 0 Å². The molecule has 0 saturated carbocycles. The summed E-state index contributed by atoms with van der Waals surface area (Å²) in [4.78, 5) is 35.9. The average molecular weight is 498 g/mol. The third-order valence-electron chi connectivity index (χ3n) is 6.90. The van der Waals surface area contributed by atoms with Crippen LogP contribution in [-0.2, 0) is 11.2 Å². The number of rotatable bonds is 8. The zero-order chi connectivity index (χ0) is 25.8. The minimum absolute atomic E-state index is 0.0524. The number of hydrogen-bond acceptors (Lipinski definition) is 4. The predicted octanol–water partition coefficient (Wildman–Crippen LogP) is 5.86. The lowest BCUT2D eigenvalue weighted by Crippen LogP contribution is -2.28. The molecule has 0 bridgehead atoms. The Hall–Kier alpha value is -4.13. The van der Waals surface area contributed by atoms with E-state index < -0.39 is 5.97 Å². The van der Waals surface area contributed by atoms with E-state index in [9.17, 15) is 14.0 Å². The quantitative estimate of drug-likeness (QED) is 0.308. The van der Waals surface area contributed by atoms with Gasteiger partial charge >= 0.3 is 5.97 Å². The van der Waals surface area contributed by atoms with Gasteiger partial charge in [0.15, 0.2) is 0 Å². The number of aromatic nitrogens is 2. The van der Waals surface area contributed by atoms with Crippen LogP contribution in [0.5, 0.6) is 0 Å². The van der Waals surface area contributed by atoms with E-state index in [0.717, 1.165) is 28.9 Å². The van der Waals surface area contributed by atoms with Crippen molar-refractivity contribution in [3.63, 3.8) is 0 Å². The maximum atomic E-state index is 13.3. The van der Waals surface area contributed by atoms with Crippen molar-refractivity contribution in [2.24, 2.45) is 0 Å². The number of benzene rings is 3. The monoisotopic (exact) mass is 497 g/mol. The van der Waals surface area contributed by atoms with Gasteiger partial charge in [-0.3, -0.25) is 9.59 Å². The van der Waals surface area contributed by atoms with Crippen molar-refractivity contribution in [3.05, 3.63) is 95.4 Å². The van der Waals surface area contributed by atoms with Crippen LogP contribution < -0.4 is 0 Å². The Morgan fingerprint density at radius 3 is 2.49 bits per heavy atom. The van der Waals surface area contributed by atoms with E-state index in [-0.39, 0.29) is 24.1 Å². The van der Waals surface area contributed by atoms with Crippen molar-refractivity contribution in [1.82, 2.24) is 14.9 Å². The molecule has 1 aliphatic rings. The van der Waals surface area contributed by atoms with E-state index in [4.69, 9.17) is 15.1 Å². The molecule has 4 aromatic rings. The minimum atomic E-state index is -0.806. The Morgan fingerprint density at radius 2 is 1.73 bits per heavy atom. The number of fused-ring (bicyclic) bond motifs is 1. The summed E-state index contributed by atoms with van der Waals surface area (Å²) in [5.41, 5.74) is 5.49. The number of carboxylic acids is 1. The molecule has 1 atom stereocenters. The normalized spacial score (nSPS) is 15.3. The Bertz CT molecular complexity index is 1420. The smallest absolute Gasteiger partial charge is 0.303 e. The first-order valence-electron chi connectivity index (χ1n) is 12.6. The van der Waals surface area contributed by atoms with E-state index >= 15 is 0 Å². The minimum Gasteiger partial charge on any atom is -0.481 e. The number of aliphatic carboxylic acids is 1. The summed E-state index contributed by atoms with van der Waals surface area (Å²) in [6.45, 7) is 1.24. The SMILES string of the molecule is O=C(O)CCCCc1nc2cc(C(=O)N3CCC(c4ccc(F)cc4)C3)ccc2nc1-c1ccccc1. The highest BCUT2D eigenvalue weighted by atomic mass is 19.1. The van der Waals surface area contributed by atoms with Gasteiger partial charge < -0.3 is 10.0 Å². The number of nitrogens with zero attached hydrogens (tertiary/aromatic N) is 3. The molecule has 188 valence electrons. The second kappa shape index (κ2) is 10.9. The first kappa shape index (κ1) is 24.6. The molecular weight excluding hydrogens is 469 g/mol. The van der Waals surface area contributed by atoms with Crippen molar-refractivity contribution < 1.29 is 19.1 Å². The highest BCUT2D eigenvalue weighted by Crippen LogP contribution is 2.29. The number of unbranched alkanes of at least 4 members (excludes halogenated alkanes) is 1. The van der Waals surface area contributed by atoms with Crippen LogP contribution in [-0.4, -0.2) is 44.9 Å². The number of likely N-dealkylation sites (tertiary alicyclic amines) is 1. The summed E-state index contributed by atoms with van der Waals surface area (Å²) in [5, 5.41) is 8.97. The second-order valence-electron chi connectivity index (χ2n) is 9.48. The molecule has 0 radical (unpaired) electrons. The summed E-state index contributed by atoms with van der Waals surface area (Å²) in [6, 6.07) is 21.8. The van der Waals surface area contributed by atoms with Gasteiger partial charge in [-0.15, -0.1) is 0 Å². The first-order chi connectivity index (χ1) is 18.0. The zero-order valence-corrected chi connectivity index (χ0v) is 20.4. The van der Waals surface area contributed by atoms with Crippen LogP contribution in [0.1, 0.15) is 53.2 Å². The van der Waals surface area contributed by atoms with Gasteiger partial charge in [-0.25, -0.2) is 14.4 Å². The fourth-order valence-electron chi connectivity index (χ4n) is 4.93. The van der Waals surface area contributed by atoms with Gasteiger partial charge in [0.2, 0.25) is 0 Å². The van der Waals surface area contributed by atoms with Gasteiger partial charge in [0, 0.05) is 36.6 Å². The maximum Gasteiger partial charge on any atom is 0.303 e. The van der Waals surface area contributed by atoms with Crippen LogP contribution in [0.3, 0.4) is 0 Å². The van der Waals surface area contributed by atoms with Crippen LogP contribution in [0.4, 0.5) is 4.39 Å². The molecule has 7 heteroatoms. The molecular formula is C30H28FN3O3. The fraction of sp³-hybridized carbons (Fsp3) is 0.267. The van der Waals surface area contributed by atoms with Gasteiger partial charge in [-0.2, -0.15) is 0 Å². The second-order valence-corrected chi connectivity index (χ2v) is 9.48. The Morgan fingerprint density at radius 1 is 0.946 bits per heavy atom. The average Bonchev–Trinajstić information content (AvgIpc) is 3.41. The molecule has 1 N–H and O–H groups in total. The van der Waals surface area contributed by atoms with Crippen LogP contribution in [0.2, 0.25) is 0 Å². The highest BCUT2D eigenvalue weighted by Gasteiger charge is 2.28.